The molecule has 16 heavy (non-hydrogen) atoms. The lowest BCUT2D eigenvalue weighted by molar-refractivity contribution is -0.108. The van der Waals surface area contributed by atoms with E-state index in [2.05, 4.69) is 0 Å². The van der Waals surface area contributed by atoms with Gasteiger partial charge in [0.25, 0.3) is 0 Å². The molecule has 0 aliphatic carbocycles. The zero-order chi connectivity index (χ0) is 11.0. The molecular formula is C13H12O3. The Morgan fingerprint density at radius 1 is 1.31 bits per heavy atom. The molecule has 2 aliphatic heterocycles. The average molecular weight is 216 g/mol. The Labute approximate surface area is 93.7 Å². The number of rotatable bonds is 1. The minimum Gasteiger partial charge on any atom is -0.493 e. The summed E-state index contributed by atoms with van der Waals surface area (Å²) in [5, 5.41) is 0. The van der Waals surface area contributed by atoms with Crippen LogP contribution in [0.3, 0.4) is 0 Å². The Hall–Kier alpha value is -1.77. The second-order valence-electron chi connectivity index (χ2n) is 4.01. The molecule has 0 aromatic heterocycles. The molecule has 82 valence electrons. The summed E-state index contributed by atoms with van der Waals surface area (Å²) in [6, 6.07) is 3.80. The summed E-state index contributed by atoms with van der Waals surface area (Å²) < 4.78 is 11.0. The Morgan fingerprint density at radius 3 is 3.06 bits per heavy atom. The van der Waals surface area contributed by atoms with Crippen LogP contribution in [0.5, 0.6) is 11.5 Å². The lowest BCUT2D eigenvalue weighted by Crippen LogP contribution is -2.15. The van der Waals surface area contributed by atoms with Crippen molar-refractivity contribution < 1.29 is 14.3 Å². The summed E-state index contributed by atoms with van der Waals surface area (Å²) in [4.78, 5) is 11.1. The van der Waals surface area contributed by atoms with Gasteiger partial charge in [0.05, 0.1) is 18.8 Å². The minimum absolute atomic E-state index is 0.194. The summed E-state index contributed by atoms with van der Waals surface area (Å²) in [7, 11) is 0. The van der Waals surface area contributed by atoms with Crippen molar-refractivity contribution >= 4 is 6.29 Å². The molecule has 1 aromatic rings. The van der Waals surface area contributed by atoms with Crippen LogP contribution in [-0.4, -0.2) is 12.9 Å². The molecule has 0 N–H and O–H groups in total. The molecule has 0 fully saturated rings. The van der Waals surface area contributed by atoms with Crippen molar-refractivity contribution in [3.8, 4) is 11.5 Å². The number of carbonyl (C=O) groups excluding carboxylic acids is 1. The first-order chi connectivity index (χ1) is 7.90. The lowest BCUT2D eigenvalue weighted by atomic mass is 9.89. The smallest absolute Gasteiger partial charge is 0.131 e. The number of aldehydes is 1. The number of hydrogen-bond donors (Lipinski definition) is 0. The van der Waals surface area contributed by atoms with Gasteiger partial charge in [0, 0.05) is 11.1 Å². The quantitative estimate of drug-likeness (QED) is 0.675. The molecule has 1 atom stereocenters. The summed E-state index contributed by atoms with van der Waals surface area (Å²) in [6.45, 7) is 0.758. The molecule has 3 heteroatoms. The zero-order valence-corrected chi connectivity index (χ0v) is 8.81. The fourth-order valence-corrected chi connectivity index (χ4v) is 2.32. The largest absolute Gasteiger partial charge is 0.493 e. The van der Waals surface area contributed by atoms with Crippen molar-refractivity contribution in [1.29, 1.82) is 0 Å². The van der Waals surface area contributed by atoms with Crippen molar-refractivity contribution in [2.45, 2.75) is 18.8 Å². The van der Waals surface area contributed by atoms with Gasteiger partial charge in [-0.2, -0.15) is 0 Å². The lowest BCUT2D eigenvalue weighted by Gasteiger charge is -2.25. The van der Waals surface area contributed by atoms with Gasteiger partial charge in [0.2, 0.25) is 0 Å². The maximum atomic E-state index is 11.1. The van der Waals surface area contributed by atoms with E-state index in [1.54, 1.807) is 12.3 Å². The molecule has 2 heterocycles. The molecule has 2 aliphatic rings. The van der Waals surface area contributed by atoms with Gasteiger partial charge >= 0.3 is 0 Å². The topological polar surface area (TPSA) is 35.5 Å². The normalized spacial score (nSPS) is 21.4. The van der Waals surface area contributed by atoms with E-state index >= 15 is 0 Å². The molecular weight excluding hydrogens is 204 g/mol. The summed E-state index contributed by atoms with van der Waals surface area (Å²) >= 11 is 0. The highest BCUT2D eigenvalue weighted by atomic mass is 16.5. The van der Waals surface area contributed by atoms with E-state index in [4.69, 9.17) is 9.47 Å². The fourth-order valence-electron chi connectivity index (χ4n) is 2.32. The first kappa shape index (κ1) is 9.46. The van der Waals surface area contributed by atoms with Crippen LogP contribution in [-0.2, 0) is 11.2 Å². The van der Waals surface area contributed by atoms with Gasteiger partial charge in [-0.1, -0.05) is 0 Å². The predicted octanol–water partition coefficient (Wildman–Crippen LogP) is 2.20. The van der Waals surface area contributed by atoms with E-state index in [1.807, 2.05) is 12.1 Å². The van der Waals surface area contributed by atoms with E-state index in [9.17, 15) is 4.79 Å². The molecule has 0 saturated carbocycles. The molecule has 1 aromatic carbocycles. The van der Waals surface area contributed by atoms with Crippen LogP contribution in [0.25, 0.3) is 0 Å². The monoisotopic (exact) mass is 216 g/mol. The number of benzene rings is 1. The second kappa shape index (κ2) is 3.67. The van der Waals surface area contributed by atoms with Crippen molar-refractivity contribution in [2.75, 3.05) is 6.61 Å². The number of allylic oxidation sites excluding steroid dienone is 1. The minimum atomic E-state index is -0.194. The summed E-state index contributed by atoms with van der Waals surface area (Å²) in [6.07, 6.45) is 6.27. The van der Waals surface area contributed by atoms with E-state index in [1.165, 1.54) is 0 Å². The first-order valence-corrected chi connectivity index (χ1v) is 5.47. The maximum Gasteiger partial charge on any atom is 0.131 e. The Balaban J connectivity index is 2.18. The van der Waals surface area contributed by atoms with E-state index in [0.717, 1.165) is 48.4 Å². The number of fused-ring (bicyclic) bond motifs is 3. The Kier molecular flexibility index (Phi) is 2.17. The highest BCUT2D eigenvalue weighted by Crippen LogP contribution is 2.40. The molecule has 0 radical (unpaired) electrons. The van der Waals surface area contributed by atoms with Gasteiger partial charge in [0.1, 0.15) is 17.8 Å². The first-order valence-electron chi connectivity index (χ1n) is 5.47. The van der Waals surface area contributed by atoms with Crippen molar-refractivity contribution in [2.24, 2.45) is 0 Å². The SMILES string of the molecule is O=CC1C=COc2ccc3c(c21)CCCO3. The van der Waals surface area contributed by atoms with Gasteiger partial charge < -0.3 is 14.3 Å². The van der Waals surface area contributed by atoms with Crippen molar-refractivity contribution in [3.63, 3.8) is 0 Å². The highest BCUT2D eigenvalue weighted by Gasteiger charge is 2.25. The maximum absolute atomic E-state index is 11.1. The third-order valence-electron chi connectivity index (χ3n) is 3.06. The highest BCUT2D eigenvalue weighted by molar-refractivity contribution is 5.71. The number of ether oxygens (including phenoxy) is 2. The van der Waals surface area contributed by atoms with Crippen LogP contribution in [0.2, 0.25) is 0 Å². The zero-order valence-electron chi connectivity index (χ0n) is 8.81. The Bertz CT molecular complexity index is 462. The molecule has 0 amide bonds. The van der Waals surface area contributed by atoms with Gasteiger partial charge in [-0.05, 0) is 31.1 Å². The van der Waals surface area contributed by atoms with Crippen LogP contribution in [0.1, 0.15) is 23.5 Å². The fraction of sp³-hybridized carbons (Fsp3) is 0.308. The van der Waals surface area contributed by atoms with Crippen LogP contribution in [0.4, 0.5) is 0 Å². The van der Waals surface area contributed by atoms with Crippen LogP contribution >= 0.6 is 0 Å². The Morgan fingerprint density at radius 2 is 2.19 bits per heavy atom. The number of carbonyl (C=O) groups is 1. The van der Waals surface area contributed by atoms with Gasteiger partial charge in [0.15, 0.2) is 0 Å². The molecule has 1 unspecified atom stereocenters. The molecule has 0 spiro atoms. The van der Waals surface area contributed by atoms with Gasteiger partial charge in [-0.15, -0.1) is 0 Å². The molecule has 0 bridgehead atoms. The van der Waals surface area contributed by atoms with Crippen LogP contribution in [0.15, 0.2) is 24.5 Å². The van der Waals surface area contributed by atoms with E-state index in [-0.39, 0.29) is 5.92 Å². The third-order valence-corrected chi connectivity index (χ3v) is 3.06. The molecule has 3 rings (SSSR count). The predicted molar refractivity (Wildman–Crippen MR) is 58.8 cm³/mol. The standard InChI is InChI=1S/C13H12O3/c14-8-9-5-7-16-12-4-3-11-10(13(9)12)2-1-6-15-11/h3-5,7-9H,1-2,6H2. The van der Waals surface area contributed by atoms with Gasteiger partial charge in [-0.3, -0.25) is 0 Å². The molecule has 3 nitrogen and oxygen atoms in total. The van der Waals surface area contributed by atoms with E-state index < -0.39 is 0 Å². The van der Waals surface area contributed by atoms with Crippen molar-refractivity contribution in [1.82, 2.24) is 0 Å². The second-order valence-corrected chi connectivity index (χ2v) is 4.01. The molecule has 0 saturated heterocycles. The number of hydrogen-bond acceptors (Lipinski definition) is 3. The van der Waals surface area contributed by atoms with Crippen LogP contribution in [0, 0.1) is 0 Å². The summed E-state index contributed by atoms with van der Waals surface area (Å²) in [5.74, 6) is 1.49. The van der Waals surface area contributed by atoms with Crippen molar-refractivity contribution in [3.05, 3.63) is 35.6 Å². The third kappa shape index (κ3) is 1.32. The van der Waals surface area contributed by atoms with Gasteiger partial charge in [-0.25, -0.2) is 0 Å². The van der Waals surface area contributed by atoms with Crippen LogP contribution < -0.4 is 9.47 Å². The van der Waals surface area contributed by atoms with E-state index in [0.29, 0.717) is 0 Å². The summed E-state index contributed by atoms with van der Waals surface area (Å²) in [5.41, 5.74) is 2.11. The average Bonchev–Trinajstić information content (AvgIpc) is 2.37.